The molecule has 1 amide bonds. The molecule has 6 nitrogen and oxygen atoms in total. The smallest absolute Gasteiger partial charge is 0.257 e. The number of amides is 1. The fourth-order valence-corrected chi connectivity index (χ4v) is 3.00. The van der Waals surface area contributed by atoms with Gasteiger partial charge in [-0.3, -0.25) is 10.1 Å². The summed E-state index contributed by atoms with van der Waals surface area (Å²) in [4.78, 5) is 12.4. The molecule has 7 heteroatoms. The first-order chi connectivity index (χ1) is 15.5. The van der Waals surface area contributed by atoms with Crippen LogP contribution in [0, 0.1) is 0 Å². The largest absolute Gasteiger partial charge is 0.491 e. The van der Waals surface area contributed by atoms with Gasteiger partial charge < -0.3 is 19.5 Å². The Morgan fingerprint density at radius 2 is 1.50 bits per heavy atom. The van der Waals surface area contributed by atoms with Crippen molar-refractivity contribution >= 4 is 28.9 Å². The number of anilines is 1. The van der Waals surface area contributed by atoms with Crippen LogP contribution in [0.4, 0.5) is 5.69 Å². The highest BCUT2D eigenvalue weighted by Crippen LogP contribution is 2.18. The van der Waals surface area contributed by atoms with Crippen LogP contribution in [0.25, 0.3) is 0 Å². The van der Waals surface area contributed by atoms with Gasteiger partial charge in [0.25, 0.3) is 5.91 Å². The molecule has 0 saturated heterocycles. The van der Waals surface area contributed by atoms with Crippen LogP contribution in [-0.2, 0) is 0 Å². The second-order valence-corrected chi connectivity index (χ2v) is 7.55. The third-order valence-electron chi connectivity index (χ3n) is 4.17. The molecule has 2 N–H and O–H groups in total. The Hall–Kier alpha value is -3.58. The monoisotopic (exact) mass is 450 g/mol. The molecule has 0 unspecified atom stereocenters. The van der Waals surface area contributed by atoms with Gasteiger partial charge in [-0.05, 0) is 74.6 Å². The molecule has 3 aromatic carbocycles. The lowest BCUT2D eigenvalue weighted by Gasteiger charge is -2.12. The van der Waals surface area contributed by atoms with Crippen molar-refractivity contribution in [1.82, 2.24) is 5.32 Å². The number of hydrogen-bond donors (Lipinski definition) is 2. The molecule has 0 aliphatic rings. The van der Waals surface area contributed by atoms with Crippen molar-refractivity contribution in [1.29, 1.82) is 0 Å². The number of carbonyl (C=O) groups excluding carboxylic acids is 1. The van der Waals surface area contributed by atoms with E-state index in [4.69, 9.17) is 26.4 Å². The summed E-state index contributed by atoms with van der Waals surface area (Å²) in [5, 5.41) is 5.87. The summed E-state index contributed by atoms with van der Waals surface area (Å²) in [6, 6.07) is 23.8. The Balaban J connectivity index is 1.45. The van der Waals surface area contributed by atoms with Crippen molar-refractivity contribution in [2.24, 2.45) is 0 Å². The Labute approximate surface area is 193 Å². The number of thiocarbonyl (C=S) groups is 1. The van der Waals surface area contributed by atoms with E-state index >= 15 is 0 Å². The summed E-state index contributed by atoms with van der Waals surface area (Å²) in [6.07, 6.45) is 0.0718. The van der Waals surface area contributed by atoms with E-state index in [0.717, 1.165) is 5.75 Å². The lowest BCUT2D eigenvalue weighted by Crippen LogP contribution is -2.34. The summed E-state index contributed by atoms with van der Waals surface area (Å²) < 4.78 is 16.9. The Bertz CT molecular complexity index is 1020. The zero-order valence-corrected chi connectivity index (χ0v) is 18.9. The van der Waals surface area contributed by atoms with Crippen LogP contribution < -0.4 is 24.8 Å². The predicted molar refractivity (Wildman–Crippen MR) is 130 cm³/mol. The number of rotatable bonds is 9. The van der Waals surface area contributed by atoms with Crippen LogP contribution in [0.15, 0.2) is 78.9 Å². The molecular formula is C25H26N2O4S. The summed E-state index contributed by atoms with van der Waals surface area (Å²) in [6.45, 7) is 4.72. The van der Waals surface area contributed by atoms with Crippen molar-refractivity contribution < 1.29 is 19.0 Å². The lowest BCUT2D eigenvalue weighted by molar-refractivity contribution is 0.0977. The topological polar surface area (TPSA) is 68.8 Å². The van der Waals surface area contributed by atoms with Crippen molar-refractivity contribution in [2.75, 3.05) is 18.5 Å². The minimum absolute atomic E-state index is 0.0718. The molecule has 0 aliphatic heterocycles. The van der Waals surface area contributed by atoms with E-state index in [2.05, 4.69) is 10.6 Å². The maximum absolute atomic E-state index is 12.4. The van der Waals surface area contributed by atoms with Gasteiger partial charge in [0.2, 0.25) is 0 Å². The number of benzene rings is 3. The van der Waals surface area contributed by atoms with Crippen LogP contribution in [0.2, 0.25) is 0 Å². The van der Waals surface area contributed by atoms with E-state index in [9.17, 15) is 4.79 Å². The van der Waals surface area contributed by atoms with Crippen LogP contribution in [-0.4, -0.2) is 30.3 Å². The highest BCUT2D eigenvalue weighted by molar-refractivity contribution is 7.80. The van der Waals surface area contributed by atoms with Crippen LogP contribution in [0.3, 0.4) is 0 Å². The van der Waals surface area contributed by atoms with E-state index in [0.29, 0.717) is 36.0 Å². The maximum atomic E-state index is 12.4. The molecule has 0 atom stereocenters. The molecule has 0 bridgehead atoms. The summed E-state index contributed by atoms with van der Waals surface area (Å²) in [5.74, 6) is 1.88. The third-order valence-corrected chi connectivity index (χ3v) is 4.38. The highest BCUT2D eigenvalue weighted by Gasteiger charge is 2.09. The summed E-state index contributed by atoms with van der Waals surface area (Å²) in [7, 11) is 0. The predicted octanol–water partition coefficient (Wildman–Crippen LogP) is 5.06. The molecule has 3 rings (SSSR count). The quantitative estimate of drug-likeness (QED) is 0.351. The Kier molecular flexibility index (Phi) is 8.45. The first-order valence-corrected chi connectivity index (χ1v) is 10.7. The second kappa shape index (κ2) is 11.7. The van der Waals surface area contributed by atoms with Crippen molar-refractivity contribution in [3.8, 4) is 17.2 Å². The maximum Gasteiger partial charge on any atom is 0.257 e. The molecule has 0 spiro atoms. The van der Waals surface area contributed by atoms with E-state index in [1.54, 1.807) is 30.3 Å². The molecule has 3 aromatic rings. The average molecular weight is 451 g/mol. The fourth-order valence-electron chi connectivity index (χ4n) is 2.79. The number of nitrogens with one attached hydrogen (secondary N) is 2. The molecule has 166 valence electrons. The average Bonchev–Trinajstić information content (AvgIpc) is 2.78. The molecule has 32 heavy (non-hydrogen) atoms. The molecule has 0 fully saturated rings. The third kappa shape index (κ3) is 7.59. The zero-order valence-electron chi connectivity index (χ0n) is 18.0. The molecule has 0 heterocycles. The molecule has 0 radical (unpaired) electrons. The van der Waals surface area contributed by atoms with Crippen LogP contribution in [0.1, 0.15) is 24.2 Å². The van der Waals surface area contributed by atoms with Gasteiger partial charge in [-0.2, -0.15) is 0 Å². The van der Waals surface area contributed by atoms with Gasteiger partial charge in [-0.25, -0.2) is 0 Å². The Morgan fingerprint density at radius 1 is 0.844 bits per heavy atom. The van der Waals surface area contributed by atoms with Gasteiger partial charge >= 0.3 is 0 Å². The molecular weight excluding hydrogens is 424 g/mol. The van der Waals surface area contributed by atoms with Gasteiger partial charge in [0.05, 0.1) is 6.10 Å². The first kappa shape index (κ1) is 23.1. The number of carbonyl (C=O) groups is 1. The van der Waals surface area contributed by atoms with Crippen LogP contribution in [0.5, 0.6) is 17.2 Å². The first-order valence-electron chi connectivity index (χ1n) is 10.3. The van der Waals surface area contributed by atoms with Gasteiger partial charge in [0.15, 0.2) is 5.11 Å². The number of hydrogen-bond acceptors (Lipinski definition) is 5. The Morgan fingerprint density at radius 3 is 2.19 bits per heavy atom. The number of para-hydroxylation sites is 1. The van der Waals surface area contributed by atoms with Gasteiger partial charge in [0, 0.05) is 17.3 Å². The highest BCUT2D eigenvalue weighted by atomic mass is 32.1. The van der Waals surface area contributed by atoms with E-state index in [1.165, 1.54) is 0 Å². The van der Waals surface area contributed by atoms with E-state index in [-0.39, 0.29) is 17.1 Å². The minimum Gasteiger partial charge on any atom is -0.491 e. The van der Waals surface area contributed by atoms with Crippen molar-refractivity contribution in [3.63, 3.8) is 0 Å². The normalized spacial score (nSPS) is 10.3. The van der Waals surface area contributed by atoms with E-state index < -0.39 is 0 Å². The summed E-state index contributed by atoms with van der Waals surface area (Å²) in [5.41, 5.74) is 1.19. The minimum atomic E-state index is -0.302. The van der Waals surface area contributed by atoms with Crippen molar-refractivity contribution in [3.05, 3.63) is 84.4 Å². The molecule has 0 aliphatic carbocycles. The van der Waals surface area contributed by atoms with E-state index in [1.807, 2.05) is 62.4 Å². The lowest BCUT2D eigenvalue weighted by atomic mass is 10.2. The number of ether oxygens (including phenoxy) is 3. The van der Waals surface area contributed by atoms with Gasteiger partial charge in [0.1, 0.15) is 30.5 Å². The zero-order chi connectivity index (χ0) is 22.8. The van der Waals surface area contributed by atoms with Gasteiger partial charge in [-0.1, -0.05) is 24.3 Å². The molecule has 0 saturated carbocycles. The van der Waals surface area contributed by atoms with Gasteiger partial charge in [-0.15, -0.1) is 0 Å². The molecule has 0 aromatic heterocycles. The summed E-state index contributed by atoms with van der Waals surface area (Å²) >= 11 is 5.27. The van der Waals surface area contributed by atoms with Crippen LogP contribution >= 0.6 is 12.2 Å². The fraction of sp³-hybridized carbons (Fsp3) is 0.200. The SMILES string of the molecule is CC(C)Oc1ccc(C(=O)NC(=S)Nc2cccc(OCCOc3ccccc3)c2)cc1. The second-order valence-electron chi connectivity index (χ2n) is 7.14. The van der Waals surface area contributed by atoms with Crippen molar-refractivity contribution in [2.45, 2.75) is 20.0 Å². The standard InChI is InChI=1S/C25H26N2O4S/c1-18(2)31-22-13-11-19(12-14-22)24(28)27-25(32)26-20-7-6-10-23(17-20)30-16-15-29-21-8-4-3-5-9-21/h3-14,17-18H,15-16H2,1-2H3,(H2,26,27,28,32).